The van der Waals surface area contributed by atoms with Gasteiger partial charge in [-0.15, -0.1) is 0 Å². The summed E-state index contributed by atoms with van der Waals surface area (Å²) >= 11 is 0. The Morgan fingerprint density at radius 1 is 1.20 bits per heavy atom. The second-order valence-electron chi connectivity index (χ2n) is 4.83. The highest BCUT2D eigenvalue weighted by molar-refractivity contribution is 7.86. The van der Waals surface area contributed by atoms with Crippen LogP contribution in [0.4, 0.5) is 0 Å². The molecule has 2 rings (SSSR count). The summed E-state index contributed by atoms with van der Waals surface area (Å²) in [5, 5.41) is -0.123. The van der Waals surface area contributed by atoms with Gasteiger partial charge in [0.1, 0.15) is 0 Å². The molecule has 3 atom stereocenters. The van der Waals surface area contributed by atoms with Crippen molar-refractivity contribution in [3.8, 4) is 0 Å². The van der Waals surface area contributed by atoms with Gasteiger partial charge in [-0.1, -0.05) is 17.7 Å². The molecule has 1 saturated carbocycles. The molecule has 0 aromatic heterocycles. The fourth-order valence-corrected chi connectivity index (χ4v) is 6.57. The van der Waals surface area contributed by atoms with Gasteiger partial charge in [0, 0.05) is 4.90 Å². The van der Waals surface area contributed by atoms with Gasteiger partial charge >= 0.3 is 7.60 Å². The zero-order valence-corrected chi connectivity index (χ0v) is 13.8. The van der Waals surface area contributed by atoms with Gasteiger partial charge in [-0.25, -0.2) is 0 Å². The van der Waals surface area contributed by atoms with Crippen molar-refractivity contribution < 1.29 is 17.8 Å². The fraction of sp³-hybridized carbons (Fsp3) is 0.571. The van der Waals surface area contributed by atoms with Crippen molar-refractivity contribution in [3.05, 3.63) is 29.8 Å². The first kappa shape index (κ1) is 15.9. The molecule has 0 amide bonds. The molecule has 1 aliphatic carbocycles. The molecule has 4 nitrogen and oxygen atoms in total. The average molecular weight is 316 g/mol. The van der Waals surface area contributed by atoms with E-state index in [1.54, 1.807) is 13.8 Å². The van der Waals surface area contributed by atoms with Crippen LogP contribution in [-0.2, 0) is 24.4 Å². The third-order valence-electron chi connectivity index (χ3n) is 3.25. The highest BCUT2D eigenvalue weighted by Crippen LogP contribution is 2.64. The highest BCUT2D eigenvalue weighted by atomic mass is 32.2. The van der Waals surface area contributed by atoms with E-state index in [4.69, 9.17) is 9.05 Å². The highest BCUT2D eigenvalue weighted by Gasteiger charge is 2.55. The topological polar surface area (TPSA) is 52.6 Å². The van der Waals surface area contributed by atoms with Gasteiger partial charge in [-0.05, 0) is 39.3 Å². The van der Waals surface area contributed by atoms with Crippen LogP contribution in [0.2, 0.25) is 0 Å². The third kappa shape index (κ3) is 3.40. The molecule has 1 aromatic rings. The summed E-state index contributed by atoms with van der Waals surface area (Å²) in [7, 11) is -4.26. The quantitative estimate of drug-likeness (QED) is 0.722. The molecule has 0 aliphatic heterocycles. The van der Waals surface area contributed by atoms with E-state index in [1.165, 1.54) is 0 Å². The lowest BCUT2D eigenvalue weighted by Crippen LogP contribution is -2.08. The van der Waals surface area contributed by atoms with Crippen molar-refractivity contribution >= 4 is 18.4 Å². The van der Waals surface area contributed by atoms with Crippen LogP contribution < -0.4 is 0 Å². The van der Waals surface area contributed by atoms with Crippen LogP contribution in [0.5, 0.6) is 0 Å². The van der Waals surface area contributed by atoms with E-state index in [1.807, 2.05) is 31.2 Å². The number of aryl methyl sites for hydroxylation is 1. The van der Waals surface area contributed by atoms with Gasteiger partial charge in [-0.2, -0.15) is 0 Å². The number of benzene rings is 1. The van der Waals surface area contributed by atoms with Crippen molar-refractivity contribution in [2.24, 2.45) is 0 Å². The van der Waals surface area contributed by atoms with Crippen LogP contribution >= 0.6 is 7.60 Å². The van der Waals surface area contributed by atoms with Crippen molar-refractivity contribution in [1.29, 1.82) is 0 Å². The van der Waals surface area contributed by atoms with Crippen LogP contribution in [0.1, 0.15) is 25.8 Å². The molecule has 0 radical (unpaired) electrons. The van der Waals surface area contributed by atoms with E-state index < -0.39 is 18.4 Å². The Morgan fingerprint density at radius 3 is 2.25 bits per heavy atom. The van der Waals surface area contributed by atoms with E-state index in [0.29, 0.717) is 19.6 Å². The number of rotatable bonds is 7. The molecule has 0 N–H and O–H groups in total. The van der Waals surface area contributed by atoms with E-state index >= 15 is 0 Å². The van der Waals surface area contributed by atoms with Gasteiger partial charge in [0.05, 0.1) is 34.9 Å². The first-order valence-corrected chi connectivity index (χ1v) is 9.70. The van der Waals surface area contributed by atoms with Crippen molar-refractivity contribution in [2.45, 2.75) is 43.0 Å². The van der Waals surface area contributed by atoms with Gasteiger partial charge in [0.25, 0.3) is 0 Å². The van der Waals surface area contributed by atoms with Crippen molar-refractivity contribution in [1.82, 2.24) is 0 Å². The van der Waals surface area contributed by atoms with E-state index in [9.17, 15) is 8.77 Å². The van der Waals surface area contributed by atoms with Crippen molar-refractivity contribution in [3.63, 3.8) is 0 Å². The molecule has 0 bridgehead atoms. The SMILES string of the molecule is CCOP(=O)(OCC)[C@@H]1C[C@@H]1[S@](=O)c1ccc(C)cc1. The maximum atomic E-state index is 12.6. The molecule has 1 fully saturated rings. The Kier molecular flexibility index (Phi) is 5.19. The number of hydrogen-bond donors (Lipinski definition) is 0. The van der Waals surface area contributed by atoms with E-state index in [2.05, 4.69) is 0 Å². The number of hydrogen-bond acceptors (Lipinski definition) is 4. The standard InChI is InChI=1S/C14H21O4PS/c1-4-17-19(15,18-5-2)13-10-14(13)20(16)12-8-6-11(3)7-9-12/h6-9,13-14H,4-5,10H2,1-3H3/t13-,14+,20-/m1/s1. The summed E-state index contributed by atoms with van der Waals surface area (Å²) in [4.78, 5) is 0.780. The maximum Gasteiger partial charge on any atom is 0.334 e. The van der Waals surface area contributed by atoms with E-state index in [0.717, 1.165) is 10.5 Å². The average Bonchev–Trinajstić information content (AvgIpc) is 3.20. The monoisotopic (exact) mass is 316 g/mol. The molecular weight excluding hydrogens is 295 g/mol. The molecule has 0 saturated heterocycles. The molecule has 0 heterocycles. The zero-order chi connectivity index (χ0) is 14.8. The van der Waals surface area contributed by atoms with Crippen LogP contribution in [0.3, 0.4) is 0 Å². The lowest BCUT2D eigenvalue weighted by Gasteiger charge is -2.16. The predicted molar refractivity (Wildman–Crippen MR) is 80.6 cm³/mol. The minimum absolute atomic E-state index is 0.123. The van der Waals surface area contributed by atoms with Crippen LogP contribution in [0.25, 0.3) is 0 Å². The first-order chi connectivity index (χ1) is 9.51. The minimum Gasteiger partial charge on any atom is -0.309 e. The summed E-state index contributed by atoms with van der Waals surface area (Å²) in [6, 6.07) is 7.62. The Balaban J connectivity index is 2.08. The Hall–Kier alpha value is -0.480. The summed E-state index contributed by atoms with van der Waals surface area (Å²) in [5.41, 5.74) is 0.900. The second-order valence-corrected chi connectivity index (χ2v) is 8.76. The zero-order valence-electron chi connectivity index (χ0n) is 12.1. The molecule has 0 spiro atoms. The molecular formula is C14H21O4PS. The first-order valence-electron chi connectivity index (χ1n) is 6.88. The molecule has 1 aromatic carbocycles. The van der Waals surface area contributed by atoms with Gasteiger partial charge in [0.2, 0.25) is 0 Å². The molecule has 20 heavy (non-hydrogen) atoms. The van der Waals surface area contributed by atoms with Crippen LogP contribution in [-0.4, -0.2) is 28.3 Å². The van der Waals surface area contributed by atoms with Crippen LogP contribution in [0, 0.1) is 6.92 Å². The lowest BCUT2D eigenvalue weighted by atomic mass is 10.2. The van der Waals surface area contributed by atoms with Crippen molar-refractivity contribution in [2.75, 3.05) is 13.2 Å². The third-order valence-corrected chi connectivity index (χ3v) is 7.88. The van der Waals surface area contributed by atoms with Gasteiger partial charge < -0.3 is 9.05 Å². The molecule has 0 unspecified atom stereocenters. The van der Waals surface area contributed by atoms with E-state index in [-0.39, 0.29) is 10.9 Å². The summed E-state index contributed by atoms with van der Waals surface area (Å²) < 4.78 is 35.7. The van der Waals surface area contributed by atoms with Gasteiger partial charge in [-0.3, -0.25) is 8.77 Å². The normalized spacial score (nSPS) is 23.6. The summed E-state index contributed by atoms with van der Waals surface area (Å²) in [6.07, 6.45) is 0.637. The summed E-state index contributed by atoms with van der Waals surface area (Å²) in [6.45, 7) is 6.26. The second kappa shape index (κ2) is 6.52. The fourth-order valence-electron chi connectivity index (χ4n) is 2.16. The Labute approximate surface area is 122 Å². The maximum absolute atomic E-state index is 12.6. The summed E-state index contributed by atoms with van der Waals surface area (Å²) in [5.74, 6) is 0. The lowest BCUT2D eigenvalue weighted by molar-refractivity contribution is 0.219. The Morgan fingerprint density at radius 2 is 1.75 bits per heavy atom. The molecule has 1 aliphatic rings. The smallest absolute Gasteiger partial charge is 0.309 e. The Bertz CT molecular complexity index is 518. The molecule has 112 valence electrons. The predicted octanol–water partition coefficient (Wildman–Crippen LogP) is 3.51. The van der Waals surface area contributed by atoms with Crippen LogP contribution in [0.15, 0.2) is 29.2 Å². The van der Waals surface area contributed by atoms with Gasteiger partial charge in [0.15, 0.2) is 0 Å². The largest absolute Gasteiger partial charge is 0.334 e. The minimum atomic E-state index is -3.11. The molecule has 6 heteroatoms.